The van der Waals surface area contributed by atoms with E-state index < -0.39 is 5.91 Å². The van der Waals surface area contributed by atoms with Gasteiger partial charge in [0, 0.05) is 6.42 Å². The smallest absolute Gasteiger partial charge is 0.261 e. The predicted octanol–water partition coefficient (Wildman–Crippen LogP) is 1.95. The van der Waals surface area contributed by atoms with E-state index in [0.29, 0.717) is 23.1 Å². The van der Waals surface area contributed by atoms with Crippen LogP contribution >= 0.6 is 0 Å². The monoisotopic (exact) mass is 404 g/mol. The minimum Gasteiger partial charge on any atom is -0.497 e. The maximum Gasteiger partial charge on any atom is 0.261 e. The van der Waals surface area contributed by atoms with Gasteiger partial charge in [0.25, 0.3) is 5.56 Å². The van der Waals surface area contributed by atoms with E-state index in [-0.39, 0.29) is 18.1 Å². The van der Waals surface area contributed by atoms with Crippen LogP contribution in [0.15, 0.2) is 59.7 Å². The lowest BCUT2D eigenvalue weighted by atomic mass is 10.1. The van der Waals surface area contributed by atoms with Crippen LogP contribution in [-0.2, 0) is 24.2 Å². The van der Waals surface area contributed by atoms with Crippen LogP contribution in [0.3, 0.4) is 0 Å². The number of para-hydroxylation sites is 1. The molecule has 0 saturated heterocycles. The van der Waals surface area contributed by atoms with Gasteiger partial charge in [0.1, 0.15) is 18.1 Å². The first kappa shape index (κ1) is 19.3. The third kappa shape index (κ3) is 4.35. The zero-order chi connectivity index (χ0) is 20.9. The highest BCUT2D eigenvalue weighted by Crippen LogP contribution is 2.13. The lowest BCUT2D eigenvalue weighted by molar-refractivity contribution is -0.116. The Morgan fingerprint density at radius 2 is 1.93 bits per heavy atom. The molecule has 0 saturated carbocycles. The van der Waals surface area contributed by atoms with Gasteiger partial charge < -0.3 is 4.74 Å². The number of aryl methyl sites for hydroxylation is 2. The summed E-state index contributed by atoms with van der Waals surface area (Å²) in [7, 11) is 1.63. The number of nitrogens with one attached hydrogen (secondary N) is 2. The number of H-pyrrole nitrogens is 1. The lowest BCUT2D eigenvalue weighted by Gasteiger charge is -2.05. The summed E-state index contributed by atoms with van der Waals surface area (Å²) in [5, 5.41) is 9.91. The SMILES string of the molecule is COc1ccc(CCc2nc(NC(=O)Cn3cnc4ccccc4c3=O)n[nH]2)cc1. The molecule has 0 bridgehead atoms. The van der Waals surface area contributed by atoms with E-state index in [0.717, 1.165) is 17.7 Å². The molecular weight excluding hydrogens is 384 g/mol. The largest absolute Gasteiger partial charge is 0.497 e. The van der Waals surface area contributed by atoms with E-state index in [1.807, 2.05) is 24.3 Å². The van der Waals surface area contributed by atoms with Gasteiger partial charge in [-0.15, -0.1) is 5.10 Å². The summed E-state index contributed by atoms with van der Waals surface area (Å²) in [5.41, 5.74) is 1.46. The molecule has 0 spiro atoms. The molecule has 4 rings (SSSR count). The number of benzene rings is 2. The van der Waals surface area contributed by atoms with Crippen LogP contribution in [0.25, 0.3) is 10.9 Å². The van der Waals surface area contributed by atoms with E-state index in [4.69, 9.17) is 4.74 Å². The Morgan fingerprint density at radius 1 is 1.13 bits per heavy atom. The van der Waals surface area contributed by atoms with E-state index in [1.165, 1.54) is 10.9 Å². The number of nitrogens with zero attached hydrogens (tertiary/aromatic N) is 4. The number of hydrogen-bond acceptors (Lipinski definition) is 6. The van der Waals surface area contributed by atoms with Crippen LogP contribution in [0.2, 0.25) is 0 Å². The molecule has 0 radical (unpaired) electrons. The van der Waals surface area contributed by atoms with Crippen LogP contribution < -0.4 is 15.6 Å². The number of anilines is 1. The number of fused-ring (bicyclic) bond motifs is 1. The fourth-order valence-electron chi connectivity index (χ4n) is 3.06. The highest BCUT2D eigenvalue weighted by atomic mass is 16.5. The molecular formula is C21H20N6O3. The zero-order valence-electron chi connectivity index (χ0n) is 16.3. The molecule has 4 aromatic rings. The van der Waals surface area contributed by atoms with Gasteiger partial charge in [-0.3, -0.25) is 24.6 Å². The maximum absolute atomic E-state index is 12.5. The van der Waals surface area contributed by atoms with Gasteiger partial charge in [-0.05, 0) is 36.2 Å². The lowest BCUT2D eigenvalue weighted by Crippen LogP contribution is -2.28. The van der Waals surface area contributed by atoms with Crippen LogP contribution in [0.1, 0.15) is 11.4 Å². The van der Waals surface area contributed by atoms with Crippen molar-refractivity contribution < 1.29 is 9.53 Å². The van der Waals surface area contributed by atoms with Crippen molar-refractivity contribution in [1.82, 2.24) is 24.7 Å². The quantitative estimate of drug-likeness (QED) is 0.487. The third-order valence-corrected chi connectivity index (χ3v) is 4.64. The van der Waals surface area contributed by atoms with E-state index in [1.54, 1.807) is 31.4 Å². The molecule has 152 valence electrons. The number of carbonyl (C=O) groups excluding carboxylic acids is 1. The van der Waals surface area contributed by atoms with Crippen LogP contribution in [0, 0.1) is 0 Å². The number of amides is 1. The molecule has 2 aromatic heterocycles. The molecule has 0 aliphatic rings. The molecule has 0 unspecified atom stereocenters. The second-order valence-corrected chi connectivity index (χ2v) is 6.70. The Morgan fingerprint density at radius 3 is 2.73 bits per heavy atom. The van der Waals surface area contributed by atoms with Crippen molar-refractivity contribution in [3.05, 3.63) is 76.6 Å². The molecule has 0 aliphatic carbocycles. The molecule has 2 N–H and O–H groups in total. The summed E-state index contributed by atoms with van der Waals surface area (Å²) in [4.78, 5) is 33.3. The van der Waals surface area contributed by atoms with Crippen molar-refractivity contribution in [1.29, 1.82) is 0 Å². The van der Waals surface area contributed by atoms with E-state index >= 15 is 0 Å². The second-order valence-electron chi connectivity index (χ2n) is 6.70. The molecule has 9 nitrogen and oxygen atoms in total. The van der Waals surface area contributed by atoms with Crippen molar-refractivity contribution >= 4 is 22.8 Å². The summed E-state index contributed by atoms with van der Waals surface area (Å²) in [6.45, 7) is -0.174. The topological polar surface area (TPSA) is 115 Å². The van der Waals surface area contributed by atoms with Crippen molar-refractivity contribution in [2.45, 2.75) is 19.4 Å². The minimum absolute atomic E-state index is 0.173. The summed E-state index contributed by atoms with van der Waals surface area (Å²) in [6, 6.07) is 14.8. The van der Waals surface area contributed by atoms with Gasteiger partial charge in [-0.25, -0.2) is 4.98 Å². The van der Waals surface area contributed by atoms with Crippen molar-refractivity contribution in [2.75, 3.05) is 12.4 Å². The fourth-order valence-corrected chi connectivity index (χ4v) is 3.06. The average molecular weight is 404 g/mol. The first-order chi connectivity index (χ1) is 14.6. The molecule has 2 heterocycles. The van der Waals surface area contributed by atoms with Crippen LogP contribution in [-0.4, -0.2) is 37.7 Å². The fraction of sp³-hybridized carbons (Fsp3) is 0.190. The Balaban J connectivity index is 1.36. The third-order valence-electron chi connectivity index (χ3n) is 4.64. The van der Waals surface area contributed by atoms with E-state index in [9.17, 15) is 9.59 Å². The number of ether oxygens (including phenoxy) is 1. The number of carbonyl (C=O) groups is 1. The highest BCUT2D eigenvalue weighted by molar-refractivity contribution is 5.89. The number of aromatic amines is 1. The first-order valence-corrected chi connectivity index (χ1v) is 9.40. The summed E-state index contributed by atoms with van der Waals surface area (Å²) >= 11 is 0. The standard InChI is InChI=1S/C21H20N6O3/c1-30-15-9-6-14(7-10-15)8-11-18-23-21(26-25-18)24-19(28)12-27-13-22-17-5-3-2-4-16(17)20(27)29/h2-7,9-10,13H,8,11-12H2,1H3,(H2,23,24,25,26,28). The molecule has 1 amide bonds. The molecule has 0 fully saturated rings. The van der Waals surface area contributed by atoms with Crippen LogP contribution in [0.4, 0.5) is 5.95 Å². The number of hydrogen-bond donors (Lipinski definition) is 2. The molecule has 30 heavy (non-hydrogen) atoms. The average Bonchev–Trinajstić information content (AvgIpc) is 3.22. The molecule has 9 heteroatoms. The maximum atomic E-state index is 12.5. The summed E-state index contributed by atoms with van der Waals surface area (Å²) in [6.07, 6.45) is 2.77. The van der Waals surface area contributed by atoms with Crippen molar-refractivity contribution in [2.24, 2.45) is 0 Å². The normalized spacial score (nSPS) is 10.8. The van der Waals surface area contributed by atoms with Gasteiger partial charge >= 0.3 is 0 Å². The second kappa shape index (κ2) is 8.56. The molecule has 0 atom stereocenters. The highest BCUT2D eigenvalue weighted by Gasteiger charge is 2.11. The Bertz CT molecular complexity index is 1230. The Labute approximate surface area is 171 Å². The van der Waals surface area contributed by atoms with Gasteiger partial charge in [0.05, 0.1) is 24.3 Å². The summed E-state index contributed by atoms with van der Waals surface area (Å²) in [5.74, 6) is 1.23. The number of rotatable bonds is 7. The Hall–Kier alpha value is -4.01. The predicted molar refractivity (Wildman–Crippen MR) is 111 cm³/mol. The van der Waals surface area contributed by atoms with Gasteiger partial charge in [0.2, 0.25) is 11.9 Å². The first-order valence-electron chi connectivity index (χ1n) is 9.40. The minimum atomic E-state index is -0.408. The van der Waals surface area contributed by atoms with Gasteiger partial charge in [0.15, 0.2) is 0 Å². The number of methoxy groups -OCH3 is 1. The van der Waals surface area contributed by atoms with E-state index in [2.05, 4.69) is 25.5 Å². The molecule has 2 aromatic carbocycles. The number of aromatic nitrogens is 5. The van der Waals surface area contributed by atoms with Gasteiger partial charge in [-0.2, -0.15) is 4.98 Å². The summed E-state index contributed by atoms with van der Waals surface area (Å²) < 4.78 is 6.41. The van der Waals surface area contributed by atoms with Crippen molar-refractivity contribution in [3.8, 4) is 5.75 Å². The van der Waals surface area contributed by atoms with Crippen LogP contribution in [0.5, 0.6) is 5.75 Å². The molecule has 0 aliphatic heterocycles. The van der Waals surface area contributed by atoms with Gasteiger partial charge in [-0.1, -0.05) is 24.3 Å². The zero-order valence-corrected chi connectivity index (χ0v) is 16.3. The van der Waals surface area contributed by atoms with Crippen molar-refractivity contribution in [3.63, 3.8) is 0 Å². The Kier molecular flexibility index (Phi) is 5.51.